The van der Waals surface area contributed by atoms with Gasteiger partial charge in [0, 0.05) is 6.54 Å². The van der Waals surface area contributed by atoms with E-state index in [4.69, 9.17) is 0 Å². The van der Waals surface area contributed by atoms with Crippen LogP contribution in [0.3, 0.4) is 0 Å². The molecular weight excluding hydrogens is 224 g/mol. The smallest absolute Gasteiger partial charge is 0.234 e. The molecule has 0 aromatic carbocycles. The van der Waals surface area contributed by atoms with Crippen LogP contribution < -0.4 is 5.32 Å². The van der Waals surface area contributed by atoms with Crippen LogP contribution in [0.4, 0.5) is 0 Å². The highest BCUT2D eigenvalue weighted by molar-refractivity contribution is 5.77. The third kappa shape index (κ3) is 7.70. The zero-order valence-corrected chi connectivity index (χ0v) is 12.0. The number of amides is 1. The van der Waals surface area contributed by atoms with Crippen molar-refractivity contribution in [3.05, 3.63) is 0 Å². The molecule has 0 spiro atoms. The predicted molar refractivity (Wildman–Crippen MR) is 76.7 cm³/mol. The van der Waals surface area contributed by atoms with Crippen molar-refractivity contribution in [2.45, 2.75) is 64.7 Å². The van der Waals surface area contributed by atoms with Gasteiger partial charge < -0.3 is 5.32 Å². The van der Waals surface area contributed by atoms with Crippen molar-refractivity contribution in [1.29, 1.82) is 0 Å². The third-order valence-electron chi connectivity index (χ3n) is 3.67. The van der Waals surface area contributed by atoms with Gasteiger partial charge in [0.15, 0.2) is 0 Å². The Morgan fingerprint density at radius 3 is 2.33 bits per heavy atom. The molecule has 1 rings (SSSR count). The second-order valence-corrected chi connectivity index (χ2v) is 5.45. The van der Waals surface area contributed by atoms with E-state index in [0.29, 0.717) is 6.54 Å². The van der Waals surface area contributed by atoms with E-state index in [-0.39, 0.29) is 5.91 Å². The normalized spacial score (nSPS) is 17.4. The van der Waals surface area contributed by atoms with Crippen molar-refractivity contribution in [1.82, 2.24) is 10.2 Å². The SMILES string of the molecule is CCCCCCCNC(=O)CN1CCCCCC1. The fourth-order valence-electron chi connectivity index (χ4n) is 2.51. The molecule has 0 unspecified atom stereocenters. The first-order valence-corrected chi connectivity index (χ1v) is 7.82. The summed E-state index contributed by atoms with van der Waals surface area (Å²) in [6.07, 6.45) is 11.4. The molecule has 0 bridgehead atoms. The lowest BCUT2D eigenvalue weighted by Gasteiger charge is -2.18. The zero-order valence-electron chi connectivity index (χ0n) is 12.0. The molecular formula is C15H30N2O. The Balaban J connectivity index is 1.98. The van der Waals surface area contributed by atoms with Gasteiger partial charge in [-0.2, -0.15) is 0 Å². The Bertz CT molecular complexity index is 211. The first-order chi connectivity index (χ1) is 8.83. The van der Waals surface area contributed by atoms with Gasteiger partial charge in [-0.3, -0.25) is 9.69 Å². The van der Waals surface area contributed by atoms with Gasteiger partial charge in [-0.25, -0.2) is 0 Å². The van der Waals surface area contributed by atoms with E-state index in [9.17, 15) is 4.79 Å². The van der Waals surface area contributed by atoms with E-state index >= 15 is 0 Å². The fourth-order valence-corrected chi connectivity index (χ4v) is 2.51. The maximum Gasteiger partial charge on any atom is 0.234 e. The van der Waals surface area contributed by atoms with E-state index in [0.717, 1.165) is 26.1 Å². The summed E-state index contributed by atoms with van der Waals surface area (Å²) in [7, 11) is 0. The summed E-state index contributed by atoms with van der Waals surface area (Å²) in [5.41, 5.74) is 0. The Morgan fingerprint density at radius 2 is 1.67 bits per heavy atom. The minimum atomic E-state index is 0.215. The Hall–Kier alpha value is -0.570. The molecule has 1 heterocycles. The second-order valence-electron chi connectivity index (χ2n) is 5.45. The highest BCUT2D eigenvalue weighted by Crippen LogP contribution is 2.08. The summed E-state index contributed by atoms with van der Waals surface area (Å²) in [4.78, 5) is 14.1. The molecule has 0 saturated carbocycles. The average molecular weight is 254 g/mol. The molecule has 1 aliphatic heterocycles. The number of nitrogens with zero attached hydrogens (tertiary/aromatic N) is 1. The molecule has 1 saturated heterocycles. The van der Waals surface area contributed by atoms with Gasteiger partial charge in [0.1, 0.15) is 0 Å². The van der Waals surface area contributed by atoms with Crippen LogP contribution >= 0.6 is 0 Å². The molecule has 0 aromatic heterocycles. The average Bonchev–Trinajstić information content (AvgIpc) is 2.62. The summed E-state index contributed by atoms with van der Waals surface area (Å²) in [6.45, 7) is 5.89. The van der Waals surface area contributed by atoms with Crippen LogP contribution in [0.1, 0.15) is 64.7 Å². The Labute approximate surface area is 112 Å². The van der Waals surface area contributed by atoms with Crippen molar-refractivity contribution in [3.8, 4) is 0 Å². The van der Waals surface area contributed by atoms with Crippen molar-refractivity contribution < 1.29 is 4.79 Å². The van der Waals surface area contributed by atoms with Gasteiger partial charge >= 0.3 is 0 Å². The molecule has 106 valence electrons. The summed E-state index contributed by atoms with van der Waals surface area (Å²) >= 11 is 0. The molecule has 1 fully saturated rings. The van der Waals surface area contributed by atoms with E-state index in [2.05, 4.69) is 17.1 Å². The van der Waals surface area contributed by atoms with Crippen LogP contribution in [0.15, 0.2) is 0 Å². The van der Waals surface area contributed by atoms with Crippen LogP contribution in [-0.2, 0) is 4.79 Å². The number of hydrogen-bond acceptors (Lipinski definition) is 2. The van der Waals surface area contributed by atoms with Crippen LogP contribution in [-0.4, -0.2) is 37.0 Å². The number of carbonyl (C=O) groups excluding carboxylic acids is 1. The number of hydrogen-bond donors (Lipinski definition) is 1. The van der Waals surface area contributed by atoms with Gasteiger partial charge in [0.05, 0.1) is 6.54 Å². The summed E-state index contributed by atoms with van der Waals surface area (Å²) in [5.74, 6) is 0.215. The largest absolute Gasteiger partial charge is 0.355 e. The summed E-state index contributed by atoms with van der Waals surface area (Å²) in [5, 5.41) is 3.05. The lowest BCUT2D eigenvalue weighted by atomic mass is 10.1. The fraction of sp³-hybridized carbons (Fsp3) is 0.933. The minimum absolute atomic E-state index is 0.215. The van der Waals surface area contributed by atoms with E-state index < -0.39 is 0 Å². The minimum Gasteiger partial charge on any atom is -0.355 e. The molecule has 0 aliphatic carbocycles. The van der Waals surface area contributed by atoms with Crippen LogP contribution in [0.5, 0.6) is 0 Å². The van der Waals surface area contributed by atoms with Gasteiger partial charge in [-0.15, -0.1) is 0 Å². The maximum absolute atomic E-state index is 11.8. The van der Waals surface area contributed by atoms with Crippen molar-refractivity contribution >= 4 is 5.91 Å². The van der Waals surface area contributed by atoms with Crippen LogP contribution in [0.2, 0.25) is 0 Å². The number of rotatable bonds is 8. The quantitative estimate of drug-likeness (QED) is 0.675. The zero-order chi connectivity index (χ0) is 13.1. The number of unbranched alkanes of at least 4 members (excludes halogenated alkanes) is 4. The molecule has 0 radical (unpaired) electrons. The number of likely N-dealkylation sites (tertiary alicyclic amines) is 1. The summed E-state index contributed by atoms with van der Waals surface area (Å²) in [6, 6.07) is 0. The molecule has 1 N–H and O–H groups in total. The molecule has 1 amide bonds. The van der Waals surface area contributed by atoms with Gasteiger partial charge in [0.2, 0.25) is 5.91 Å². The second kappa shape index (κ2) is 10.4. The van der Waals surface area contributed by atoms with Crippen molar-refractivity contribution in [2.75, 3.05) is 26.2 Å². The van der Waals surface area contributed by atoms with Crippen LogP contribution in [0.25, 0.3) is 0 Å². The highest BCUT2D eigenvalue weighted by Gasteiger charge is 2.12. The van der Waals surface area contributed by atoms with Gasteiger partial charge in [0.25, 0.3) is 0 Å². The molecule has 18 heavy (non-hydrogen) atoms. The first kappa shape index (κ1) is 15.5. The molecule has 0 aromatic rings. The highest BCUT2D eigenvalue weighted by atomic mass is 16.2. The molecule has 1 aliphatic rings. The topological polar surface area (TPSA) is 32.3 Å². The maximum atomic E-state index is 11.8. The Kier molecular flexibility index (Phi) is 8.92. The lowest BCUT2D eigenvalue weighted by molar-refractivity contribution is -0.122. The van der Waals surface area contributed by atoms with Crippen molar-refractivity contribution in [2.24, 2.45) is 0 Å². The van der Waals surface area contributed by atoms with Gasteiger partial charge in [-0.1, -0.05) is 45.4 Å². The predicted octanol–water partition coefficient (Wildman–Crippen LogP) is 2.95. The lowest BCUT2D eigenvalue weighted by Crippen LogP contribution is -2.38. The third-order valence-corrected chi connectivity index (χ3v) is 3.67. The monoisotopic (exact) mass is 254 g/mol. The molecule has 3 nitrogen and oxygen atoms in total. The Morgan fingerprint density at radius 1 is 1.00 bits per heavy atom. The van der Waals surface area contributed by atoms with E-state index in [1.807, 2.05) is 0 Å². The van der Waals surface area contributed by atoms with Crippen molar-refractivity contribution in [3.63, 3.8) is 0 Å². The van der Waals surface area contributed by atoms with Gasteiger partial charge in [-0.05, 0) is 32.4 Å². The number of carbonyl (C=O) groups is 1. The first-order valence-electron chi connectivity index (χ1n) is 7.82. The van der Waals surface area contributed by atoms with E-state index in [1.165, 1.54) is 51.4 Å². The molecule has 3 heteroatoms. The standard InChI is InChI=1S/C15H30N2O/c1-2-3-4-5-8-11-16-15(18)14-17-12-9-6-7-10-13-17/h2-14H2,1H3,(H,16,18). The number of nitrogens with one attached hydrogen (secondary N) is 1. The van der Waals surface area contributed by atoms with Crippen LogP contribution in [0, 0.1) is 0 Å². The molecule has 0 atom stereocenters. The summed E-state index contributed by atoms with van der Waals surface area (Å²) < 4.78 is 0. The van der Waals surface area contributed by atoms with E-state index in [1.54, 1.807) is 0 Å².